The summed E-state index contributed by atoms with van der Waals surface area (Å²) in [4.78, 5) is 12.2. The lowest BCUT2D eigenvalue weighted by Crippen LogP contribution is -2.07. The number of carbonyl (C=O) groups is 1. The predicted molar refractivity (Wildman–Crippen MR) is 133 cm³/mol. The zero-order chi connectivity index (χ0) is 24.1. The van der Waals surface area contributed by atoms with Crippen LogP contribution in [0.2, 0.25) is 0 Å². The van der Waals surface area contributed by atoms with Crippen molar-refractivity contribution in [2.24, 2.45) is 0 Å². The number of nitrogens with one attached hydrogen (secondary N) is 1. The molecule has 0 aliphatic heterocycles. The maximum atomic E-state index is 12.2. The fourth-order valence-corrected chi connectivity index (χ4v) is 4.01. The second kappa shape index (κ2) is 10.2. The van der Waals surface area contributed by atoms with Crippen molar-refractivity contribution < 1.29 is 17.9 Å². The summed E-state index contributed by atoms with van der Waals surface area (Å²) in [6.07, 6.45) is 0.484. The first-order valence-electron chi connectivity index (χ1n) is 10.7. The topological polar surface area (TPSA) is 116 Å². The molecular formula is C25H24N4O4S. The van der Waals surface area contributed by atoms with Gasteiger partial charge in [0.2, 0.25) is 10.9 Å². The van der Waals surface area contributed by atoms with Gasteiger partial charge in [-0.15, -0.1) is 0 Å². The van der Waals surface area contributed by atoms with Crippen molar-refractivity contribution >= 4 is 28.4 Å². The normalized spacial score (nSPS) is 10.9. The van der Waals surface area contributed by atoms with Crippen LogP contribution in [-0.4, -0.2) is 30.8 Å². The number of nitrogens with two attached hydrogens (primary N) is 1. The average molecular weight is 477 g/mol. The minimum Gasteiger partial charge on any atom is -0.462 e. The Morgan fingerprint density at radius 1 is 1.03 bits per heavy atom. The molecule has 0 fully saturated rings. The standard InChI is InChI=1S/C25H24N4O4S/c1-2-33-25(30)19-9-6-10-21(16-19)29-24(26)22(23(27-29)18-7-4-3-5-8-18)15-17-11-13-20(14-12-17)28-34(31)32/h3-14,16,34H,2,15,26H2,1H3,(H,28,31,32). The number of thiol groups is 1. The van der Waals surface area contributed by atoms with E-state index in [4.69, 9.17) is 15.6 Å². The third-order valence-corrected chi connectivity index (χ3v) is 5.67. The van der Waals surface area contributed by atoms with Gasteiger partial charge in [-0.3, -0.25) is 4.72 Å². The van der Waals surface area contributed by atoms with Gasteiger partial charge in [-0.1, -0.05) is 48.5 Å². The quantitative estimate of drug-likeness (QED) is 0.263. The number of nitrogens with zero attached hydrogens (tertiary/aromatic N) is 2. The summed E-state index contributed by atoms with van der Waals surface area (Å²) in [5.74, 6) is 0.0387. The van der Waals surface area contributed by atoms with Crippen LogP contribution in [0.4, 0.5) is 11.5 Å². The molecule has 3 aromatic carbocycles. The summed E-state index contributed by atoms with van der Waals surface area (Å²) in [5, 5.41) is 4.80. The molecule has 4 rings (SSSR count). The number of ether oxygens (including phenoxy) is 1. The minimum atomic E-state index is -2.72. The van der Waals surface area contributed by atoms with Gasteiger partial charge in [0, 0.05) is 23.2 Å². The highest BCUT2D eigenvalue weighted by atomic mass is 32.2. The summed E-state index contributed by atoms with van der Waals surface area (Å²) in [6, 6.07) is 23.8. The minimum absolute atomic E-state index is 0.287. The lowest BCUT2D eigenvalue weighted by atomic mass is 10.0. The van der Waals surface area contributed by atoms with Gasteiger partial charge in [-0.2, -0.15) is 5.10 Å². The summed E-state index contributed by atoms with van der Waals surface area (Å²) >= 11 is 0. The van der Waals surface area contributed by atoms with Gasteiger partial charge < -0.3 is 10.5 Å². The molecule has 1 aromatic heterocycles. The van der Waals surface area contributed by atoms with Crippen LogP contribution in [0.15, 0.2) is 78.9 Å². The lowest BCUT2D eigenvalue weighted by molar-refractivity contribution is 0.0526. The average Bonchev–Trinajstić information content (AvgIpc) is 3.17. The fourth-order valence-electron chi connectivity index (χ4n) is 3.65. The Morgan fingerprint density at radius 3 is 2.44 bits per heavy atom. The largest absolute Gasteiger partial charge is 0.462 e. The Bertz CT molecular complexity index is 1370. The van der Waals surface area contributed by atoms with Crippen molar-refractivity contribution in [1.82, 2.24) is 9.78 Å². The highest BCUT2D eigenvalue weighted by molar-refractivity contribution is 7.73. The van der Waals surface area contributed by atoms with E-state index >= 15 is 0 Å². The predicted octanol–water partition coefficient (Wildman–Crippen LogP) is 3.83. The van der Waals surface area contributed by atoms with Gasteiger partial charge in [-0.05, 0) is 42.8 Å². The van der Waals surface area contributed by atoms with E-state index in [1.165, 1.54) is 0 Å². The number of esters is 1. The summed E-state index contributed by atoms with van der Waals surface area (Å²) < 4.78 is 30.9. The van der Waals surface area contributed by atoms with E-state index in [-0.39, 0.29) is 6.61 Å². The molecule has 1 heterocycles. The Hall–Kier alpha value is -4.11. The number of rotatable bonds is 8. The maximum absolute atomic E-state index is 12.2. The Labute approximate surface area is 199 Å². The van der Waals surface area contributed by atoms with Crippen LogP contribution >= 0.6 is 0 Å². The molecule has 8 nitrogen and oxygen atoms in total. The van der Waals surface area contributed by atoms with Crippen LogP contribution in [0.1, 0.15) is 28.4 Å². The van der Waals surface area contributed by atoms with Crippen LogP contribution in [0.25, 0.3) is 16.9 Å². The van der Waals surface area contributed by atoms with Crippen molar-refractivity contribution in [3.8, 4) is 16.9 Å². The third-order valence-electron chi connectivity index (χ3n) is 5.23. The maximum Gasteiger partial charge on any atom is 0.338 e. The van der Waals surface area contributed by atoms with E-state index in [1.54, 1.807) is 41.9 Å². The summed E-state index contributed by atoms with van der Waals surface area (Å²) in [5.41, 5.74) is 11.5. The van der Waals surface area contributed by atoms with Crippen LogP contribution in [0.3, 0.4) is 0 Å². The molecule has 0 spiro atoms. The molecule has 34 heavy (non-hydrogen) atoms. The Kier molecular flexibility index (Phi) is 6.93. The molecule has 0 bridgehead atoms. The molecule has 0 aliphatic rings. The van der Waals surface area contributed by atoms with Crippen LogP contribution < -0.4 is 10.5 Å². The number of aromatic nitrogens is 2. The SMILES string of the molecule is CCOC(=O)c1cccc(-n2nc(-c3ccccc3)c(Cc3ccc(N[SH](=O)=O)cc3)c2N)c1. The molecular weight excluding hydrogens is 452 g/mol. The second-order valence-corrected chi connectivity index (χ2v) is 8.24. The number of carbonyl (C=O) groups excluding carboxylic acids is 1. The van der Waals surface area contributed by atoms with E-state index in [0.29, 0.717) is 29.2 Å². The highest BCUT2D eigenvalue weighted by Gasteiger charge is 2.19. The first kappa shape index (κ1) is 23.1. The van der Waals surface area contributed by atoms with Gasteiger partial charge in [0.15, 0.2) is 0 Å². The smallest absolute Gasteiger partial charge is 0.338 e. The first-order chi connectivity index (χ1) is 16.5. The zero-order valence-corrected chi connectivity index (χ0v) is 19.4. The molecule has 0 atom stereocenters. The van der Waals surface area contributed by atoms with E-state index in [1.807, 2.05) is 48.5 Å². The van der Waals surface area contributed by atoms with Gasteiger partial charge in [0.1, 0.15) is 5.82 Å². The Morgan fingerprint density at radius 2 is 1.76 bits per heavy atom. The van der Waals surface area contributed by atoms with Crippen LogP contribution in [0.5, 0.6) is 0 Å². The lowest BCUT2D eigenvalue weighted by Gasteiger charge is -2.08. The van der Waals surface area contributed by atoms with E-state index in [2.05, 4.69) is 4.72 Å². The van der Waals surface area contributed by atoms with Gasteiger partial charge in [0.05, 0.1) is 23.6 Å². The second-order valence-electron chi connectivity index (χ2n) is 7.50. The molecule has 0 saturated heterocycles. The monoisotopic (exact) mass is 476 g/mol. The van der Waals surface area contributed by atoms with Gasteiger partial charge in [0.25, 0.3) is 0 Å². The molecule has 3 N–H and O–H groups in total. The number of anilines is 2. The van der Waals surface area contributed by atoms with Crippen LogP contribution in [-0.2, 0) is 22.0 Å². The van der Waals surface area contributed by atoms with Crippen LogP contribution in [0, 0.1) is 0 Å². The number of hydrogen-bond acceptors (Lipinski definition) is 6. The molecule has 0 aliphatic carbocycles. The Balaban J connectivity index is 1.76. The molecule has 174 valence electrons. The van der Waals surface area contributed by atoms with E-state index in [9.17, 15) is 13.2 Å². The molecule has 4 aromatic rings. The molecule has 0 saturated carbocycles. The van der Waals surface area contributed by atoms with Gasteiger partial charge >= 0.3 is 5.97 Å². The molecule has 0 radical (unpaired) electrons. The fraction of sp³-hybridized carbons (Fsp3) is 0.120. The molecule has 0 amide bonds. The van der Waals surface area contributed by atoms with Crippen molar-refractivity contribution in [1.29, 1.82) is 0 Å². The third kappa shape index (κ3) is 5.10. The highest BCUT2D eigenvalue weighted by Crippen LogP contribution is 2.31. The molecule has 9 heteroatoms. The van der Waals surface area contributed by atoms with Crippen molar-refractivity contribution in [2.45, 2.75) is 13.3 Å². The number of hydrogen-bond donors (Lipinski definition) is 3. The summed E-state index contributed by atoms with van der Waals surface area (Å²) in [6.45, 7) is 2.05. The summed E-state index contributed by atoms with van der Waals surface area (Å²) in [7, 11) is -2.72. The van der Waals surface area contributed by atoms with Crippen molar-refractivity contribution in [2.75, 3.05) is 17.1 Å². The number of benzene rings is 3. The van der Waals surface area contributed by atoms with Crippen molar-refractivity contribution in [3.05, 3.63) is 95.6 Å². The van der Waals surface area contributed by atoms with Gasteiger partial charge in [-0.25, -0.2) is 17.9 Å². The number of nitrogen functional groups attached to an aromatic ring is 1. The zero-order valence-electron chi connectivity index (χ0n) is 18.5. The van der Waals surface area contributed by atoms with E-state index in [0.717, 1.165) is 22.4 Å². The van der Waals surface area contributed by atoms with E-state index < -0.39 is 16.9 Å². The molecule has 0 unspecified atom stereocenters. The first-order valence-corrected chi connectivity index (χ1v) is 11.8. The van der Waals surface area contributed by atoms with Crippen molar-refractivity contribution in [3.63, 3.8) is 0 Å².